The summed E-state index contributed by atoms with van der Waals surface area (Å²) in [4.78, 5) is 40.4. The molecule has 2 aromatic rings. The minimum absolute atomic E-state index is 0.0759. The van der Waals surface area contributed by atoms with Crippen LogP contribution in [0.2, 0.25) is 0 Å². The van der Waals surface area contributed by atoms with Gasteiger partial charge in [0.1, 0.15) is 11.2 Å². The first-order valence-corrected chi connectivity index (χ1v) is 7.93. The number of pyridine rings is 1. The average molecular weight is 329 g/mol. The standard InChI is InChI=1S/C17H19N3O4/c1-11-4-7-20-13(8-11)18-10-12(16(20)24)15(23)19-17(9-14(21)22)5-2-3-6-17/h4,7-8,10H,2-3,5-6,9H2,1H3,(H,19,23)(H,21,22). The molecule has 1 aliphatic rings. The van der Waals surface area contributed by atoms with Crippen LogP contribution < -0.4 is 10.9 Å². The summed E-state index contributed by atoms with van der Waals surface area (Å²) in [5.74, 6) is -1.52. The van der Waals surface area contributed by atoms with Crippen molar-refractivity contribution in [1.29, 1.82) is 0 Å². The molecular weight excluding hydrogens is 310 g/mol. The molecule has 1 saturated carbocycles. The highest BCUT2D eigenvalue weighted by atomic mass is 16.4. The number of nitrogens with one attached hydrogen (secondary N) is 1. The van der Waals surface area contributed by atoms with Crippen molar-refractivity contribution in [3.05, 3.63) is 46.0 Å². The van der Waals surface area contributed by atoms with Crippen molar-refractivity contribution in [1.82, 2.24) is 14.7 Å². The molecule has 0 saturated heterocycles. The molecule has 126 valence electrons. The zero-order chi connectivity index (χ0) is 17.3. The summed E-state index contributed by atoms with van der Waals surface area (Å²) in [5.41, 5.74) is 0.125. The van der Waals surface area contributed by atoms with E-state index in [1.165, 1.54) is 10.6 Å². The molecule has 7 heteroatoms. The van der Waals surface area contributed by atoms with E-state index in [2.05, 4.69) is 10.3 Å². The summed E-state index contributed by atoms with van der Waals surface area (Å²) in [5, 5.41) is 11.9. The normalized spacial score (nSPS) is 16.2. The molecule has 1 aliphatic carbocycles. The molecule has 0 aromatic carbocycles. The van der Waals surface area contributed by atoms with Crippen molar-refractivity contribution in [2.75, 3.05) is 0 Å². The lowest BCUT2D eigenvalue weighted by molar-refractivity contribution is -0.138. The highest BCUT2D eigenvalue weighted by molar-refractivity contribution is 5.94. The minimum atomic E-state index is -0.957. The molecule has 0 unspecified atom stereocenters. The number of rotatable bonds is 4. The van der Waals surface area contributed by atoms with Crippen molar-refractivity contribution >= 4 is 17.5 Å². The van der Waals surface area contributed by atoms with Crippen LogP contribution in [-0.4, -0.2) is 31.9 Å². The second-order valence-electron chi connectivity index (χ2n) is 6.42. The van der Waals surface area contributed by atoms with Gasteiger partial charge < -0.3 is 10.4 Å². The third kappa shape index (κ3) is 3.02. The summed E-state index contributed by atoms with van der Waals surface area (Å²) in [7, 11) is 0. The van der Waals surface area contributed by atoms with Crippen molar-refractivity contribution in [2.45, 2.75) is 44.6 Å². The number of carbonyl (C=O) groups is 2. The number of carboxylic acids is 1. The maximum Gasteiger partial charge on any atom is 0.305 e. The SMILES string of the molecule is Cc1ccn2c(=O)c(C(=O)NC3(CC(=O)O)CCCC3)cnc2c1. The van der Waals surface area contributed by atoms with Crippen molar-refractivity contribution < 1.29 is 14.7 Å². The predicted octanol–water partition coefficient (Wildman–Crippen LogP) is 1.52. The van der Waals surface area contributed by atoms with Crippen LogP contribution in [0.1, 0.15) is 48.0 Å². The smallest absolute Gasteiger partial charge is 0.305 e. The molecule has 24 heavy (non-hydrogen) atoms. The van der Waals surface area contributed by atoms with Gasteiger partial charge in [-0.2, -0.15) is 0 Å². The largest absolute Gasteiger partial charge is 0.481 e. The number of carbonyl (C=O) groups excluding carboxylic acids is 1. The average Bonchev–Trinajstić information content (AvgIpc) is 2.94. The summed E-state index contributed by atoms with van der Waals surface area (Å²) in [6.07, 6.45) is 5.64. The molecule has 3 rings (SSSR count). The van der Waals surface area contributed by atoms with Crippen molar-refractivity contribution in [3.8, 4) is 0 Å². The number of fused-ring (bicyclic) bond motifs is 1. The van der Waals surface area contributed by atoms with Gasteiger partial charge in [0.05, 0.1) is 12.0 Å². The van der Waals surface area contributed by atoms with Crippen LogP contribution in [0.3, 0.4) is 0 Å². The van der Waals surface area contributed by atoms with Gasteiger partial charge >= 0.3 is 5.97 Å². The first-order valence-electron chi connectivity index (χ1n) is 7.93. The maximum atomic E-state index is 12.6. The van der Waals surface area contributed by atoms with Crippen LogP contribution in [0.15, 0.2) is 29.3 Å². The molecule has 2 heterocycles. The summed E-state index contributed by atoms with van der Waals surface area (Å²) < 4.78 is 1.32. The fourth-order valence-electron chi connectivity index (χ4n) is 3.33. The van der Waals surface area contributed by atoms with Crippen LogP contribution in [0.25, 0.3) is 5.65 Å². The minimum Gasteiger partial charge on any atom is -0.481 e. The number of aromatic nitrogens is 2. The second-order valence-corrected chi connectivity index (χ2v) is 6.42. The molecule has 0 bridgehead atoms. The van der Waals surface area contributed by atoms with Gasteiger partial charge in [0.2, 0.25) is 0 Å². The second kappa shape index (κ2) is 6.07. The number of hydrogen-bond acceptors (Lipinski definition) is 4. The van der Waals surface area contributed by atoms with E-state index in [0.717, 1.165) is 18.4 Å². The van der Waals surface area contributed by atoms with E-state index in [9.17, 15) is 14.4 Å². The van der Waals surface area contributed by atoms with Gasteiger partial charge in [-0.15, -0.1) is 0 Å². The van der Waals surface area contributed by atoms with Gasteiger partial charge in [0.25, 0.3) is 11.5 Å². The monoisotopic (exact) mass is 329 g/mol. The predicted molar refractivity (Wildman–Crippen MR) is 87.1 cm³/mol. The molecule has 2 aromatic heterocycles. The number of carboxylic acid groups (broad SMARTS) is 1. The third-order valence-corrected chi connectivity index (χ3v) is 4.54. The number of aliphatic carboxylic acids is 1. The third-order valence-electron chi connectivity index (χ3n) is 4.54. The van der Waals surface area contributed by atoms with Gasteiger partial charge in [-0.1, -0.05) is 12.8 Å². The van der Waals surface area contributed by atoms with E-state index in [4.69, 9.17) is 5.11 Å². The fourth-order valence-corrected chi connectivity index (χ4v) is 3.33. The zero-order valence-electron chi connectivity index (χ0n) is 13.4. The number of aryl methyl sites for hydroxylation is 1. The molecule has 0 atom stereocenters. The Hall–Kier alpha value is -2.70. The van der Waals surface area contributed by atoms with Crippen LogP contribution >= 0.6 is 0 Å². The number of hydrogen-bond donors (Lipinski definition) is 2. The molecule has 2 N–H and O–H groups in total. The highest BCUT2D eigenvalue weighted by Crippen LogP contribution is 2.32. The van der Waals surface area contributed by atoms with Gasteiger partial charge in [-0.3, -0.25) is 18.8 Å². The lowest BCUT2D eigenvalue weighted by Gasteiger charge is -2.28. The molecular formula is C17H19N3O4. The molecule has 0 aliphatic heterocycles. The molecule has 0 radical (unpaired) electrons. The Morgan fingerprint density at radius 2 is 2.08 bits per heavy atom. The van der Waals surface area contributed by atoms with E-state index in [0.29, 0.717) is 18.5 Å². The topological polar surface area (TPSA) is 101 Å². The lowest BCUT2D eigenvalue weighted by Crippen LogP contribution is -2.49. The summed E-state index contributed by atoms with van der Waals surface area (Å²) in [6.45, 7) is 1.89. The molecule has 7 nitrogen and oxygen atoms in total. The van der Waals surface area contributed by atoms with Crippen molar-refractivity contribution in [2.24, 2.45) is 0 Å². The lowest BCUT2D eigenvalue weighted by atomic mass is 9.93. The Morgan fingerprint density at radius 3 is 2.75 bits per heavy atom. The zero-order valence-corrected chi connectivity index (χ0v) is 13.4. The van der Waals surface area contributed by atoms with E-state index in [-0.39, 0.29) is 12.0 Å². The number of nitrogens with zero attached hydrogens (tertiary/aromatic N) is 2. The van der Waals surface area contributed by atoms with Gasteiger partial charge in [0, 0.05) is 12.4 Å². The van der Waals surface area contributed by atoms with Gasteiger partial charge in [-0.25, -0.2) is 4.98 Å². The maximum absolute atomic E-state index is 12.6. The van der Waals surface area contributed by atoms with Crippen LogP contribution in [0, 0.1) is 6.92 Å². The summed E-state index contributed by atoms with van der Waals surface area (Å²) in [6, 6.07) is 3.52. The van der Waals surface area contributed by atoms with Crippen molar-refractivity contribution in [3.63, 3.8) is 0 Å². The van der Waals surface area contributed by atoms with Crippen LogP contribution in [-0.2, 0) is 4.79 Å². The van der Waals surface area contributed by atoms with Crippen LogP contribution in [0.5, 0.6) is 0 Å². The Balaban J connectivity index is 1.93. The first-order chi connectivity index (χ1) is 11.4. The van der Waals surface area contributed by atoms with E-state index in [1.807, 2.05) is 6.92 Å². The molecule has 0 spiro atoms. The highest BCUT2D eigenvalue weighted by Gasteiger charge is 2.38. The first kappa shape index (κ1) is 16.2. The fraction of sp³-hybridized carbons (Fsp3) is 0.412. The van der Waals surface area contributed by atoms with E-state index < -0.39 is 23.0 Å². The Labute approximate surface area is 138 Å². The summed E-state index contributed by atoms with van der Waals surface area (Å²) >= 11 is 0. The van der Waals surface area contributed by atoms with E-state index >= 15 is 0 Å². The van der Waals surface area contributed by atoms with E-state index in [1.54, 1.807) is 18.3 Å². The Kier molecular flexibility index (Phi) is 4.09. The Morgan fingerprint density at radius 1 is 1.38 bits per heavy atom. The van der Waals surface area contributed by atoms with Gasteiger partial charge in [0.15, 0.2) is 0 Å². The molecule has 1 fully saturated rings. The number of amides is 1. The quantitative estimate of drug-likeness (QED) is 0.886. The Bertz CT molecular complexity index is 866. The van der Waals surface area contributed by atoms with Crippen LogP contribution in [0.4, 0.5) is 0 Å². The van der Waals surface area contributed by atoms with Gasteiger partial charge in [-0.05, 0) is 37.5 Å². The molecule has 1 amide bonds.